The van der Waals surface area contributed by atoms with E-state index in [1.54, 1.807) is 0 Å². The van der Waals surface area contributed by atoms with Crippen LogP contribution >= 0.6 is 0 Å². The highest BCUT2D eigenvalue weighted by Crippen LogP contribution is 2.20. The molecular weight excluding hydrogens is 200 g/mol. The number of nitrogens with one attached hydrogen (secondary N) is 1. The first-order chi connectivity index (χ1) is 7.22. The first-order valence-electron chi connectivity index (χ1n) is 5.62. The molecule has 3 heteroatoms. The monoisotopic (exact) mass is 222 g/mol. The second kappa shape index (κ2) is 4.52. The quantitative estimate of drug-likeness (QED) is 0.819. The molecule has 16 heavy (non-hydrogen) atoms. The molecule has 0 atom stereocenters. The predicted octanol–water partition coefficient (Wildman–Crippen LogP) is 2.03. The summed E-state index contributed by atoms with van der Waals surface area (Å²) in [5.74, 6) is 0. The smallest absolute Gasteiger partial charge is 0.0767 e. The Morgan fingerprint density at radius 1 is 1.25 bits per heavy atom. The summed E-state index contributed by atoms with van der Waals surface area (Å²) in [6.07, 6.45) is 0. The second-order valence-electron chi connectivity index (χ2n) is 5.31. The molecule has 0 amide bonds. The summed E-state index contributed by atoms with van der Waals surface area (Å²) in [5.41, 5.74) is 0.896. The summed E-state index contributed by atoms with van der Waals surface area (Å²) in [7, 11) is 0. The molecular formula is C13H22N2O. The highest BCUT2D eigenvalue weighted by atomic mass is 16.3. The zero-order valence-corrected chi connectivity index (χ0v) is 10.8. The third kappa shape index (κ3) is 3.29. The average molecular weight is 222 g/mol. The molecule has 0 fully saturated rings. The van der Waals surface area contributed by atoms with Gasteiger partial charge in [-0.2, -0.15) is 0 Å². The molecule has 2 N–H and O–H groups in total. The van der Waals surface area contributed by atoms with Gasteiger partial charge in [-0.15, -0.1) is 0 Å². The topological polar surface area (TPSA) is 45.1 Å². The summed E-state index contributed by atoms with van der Waals surface area (Å²) in [4.78, 5) is 4.41. The lowest BCUT2D eigenvalue weighted by molar-refractivity contribution is -0.00545. The van der Waals surface area contributed by atoms with Crippen LogP contribution in [-0.4, -0.2) is 21.2 Å². The zero-order valence-electron chi connectivity index (χ0n) is 10.8. The number of aromatic nitrogens is 1. The van der Waals surface area contributed by atoms with E-state index in [1.165, 1.54) is 0 Å². The number of aliphatic hydroxyl groups is 1. The summed E-state index contributed by atoms with van der Waals surface area (Å²) in [6.45, 7) is 10.2. The van der Waals surface area contributed by atoms with Crippen LogP contribution in [0.25, 0.3) is 0 Å². The molecule has 1 aromatic heterocycles. The molecule has 0 aliphatic heterocycles. The minimum Gasteiger partial charge on any atom is -0.389 e. The van der Waals surface area contributed by atoms with Crippen LogP contribution in [0.1, 0.15) is 39.1 Å². The van der Waals surface area contributed by atoms with Crippen molar-refractivity contribution in [1.82, 2.24) is 10.3 Å². The lowest BCUT2D eigenvalue weighted by Crippen LogP contribution is -2.55. The second-order valence-corrected chi connectivity index (χ2v) is 5.31. The van der Waals surface area contributed by atoms with Crippen LogP contribution in [0.4, 0.5) is 0 Å². The maximum atomic E-state index is 10.00. The van der Waals surface area contributed by atoms with Crippen molar-refractivity contribution in [2.45, 2.75) is 52.3 Å². The Morgan fingerprint density at radius 3 is 2.38 bits per heavy atom. The Balaban J connectivity index is 2.65. The van der Waals surface area contributed by atoms with E-state index in [0.29, 0.717) is 6.54 Å². The van der Waals surface area contributed by atoms with E-state index in [9.17, 15) is 5.11 Å². The fourth-order valence-electron chi connectivity index (χ4n) is 1.23. The third-order valence-corrected chi connectivity index (χ3v) is 3.19. The van der Waals surface area contributed by atoms with E-state index in [0.717, 1.165) is 11.4 Å². The van der Waals surface area contributed by atoms with Gasteiger partial charge in [0.2, 0.25) is 0 Å². The third-order valence-electron chi connectivity index (χ3n) is 3.19. The van der Waals surface area contributed by atoms with Crippen LogP contribution in [-0.2, 0) is 6.54 Å². The molecule has 0 saturated heterocycles. The molecule has 0 aliphatic carbocycles. The van der Waals surface area contributed by atoms with Gasteiger partial charge >= 0.3 is 0 Å². The van der Waals surface area contributed by atoms with Gasteiger partial charge in [0.25, 0.3) is 0 Å². The van der Waals surface area contributed by atoms with Crippen molar-refractivity contribution in [3.63, 3.8) is 0 Å². The number of pyridine rings is 1. The van der Waals surface area contributed by atoms with Crippen molar-refractivity contribution in [3.05, 3.63) is 29.6 Å². The molecule has 90 valence electrons. The van der Waals surface area contributed by atoms with E-state index in [1.807, 2.05) is 52.8 Å². The maximum absolute atomic E-state index is 10.00. The fourth-order valence-corrected chi connectivity index (χ4v) is 1.23. The lowest BCUT2D eigenvalue weighted by atomic mass is 9.86. The van der Waals surface area contributed by atoms with Crippen molar-refractivity contribution in [1.29, 1.82) is 0 Å². The Hall–Kier alpha value is -0.930. The van der Waals surface area contributed by atoms with Crippen LogP contribution in [0.5, 0.6) is 0 Å². The van der Waals surface area contributed by atoms with Gasteiger partial charge in [0.05, 0.1) is 11.3 Å². The van der Waals surface area contributed by atoms with Gasteiger partial charge < -0.3 is 10.4 Å². The molecule has 0 saturated carbocycles. The molecule has 1 rings (SSSR count). The summed E-state index contributed by atoms with van der Waals surface area (Å²) >= 11 is 0. The number of hydrogen-bond donors (Lipinski definition) is 2. The molecule has 0 bridgehead atoms. The van der Waals surface area contributed by atoms with Crippen molar-refractivity contribution in [2.24, 2.45) is 0 Å². The largest absolute Gasteiger partial charge is 0.389 e. The van der Waals surface area contributed by atoms with Crippen molar-refractivity contribution < 1.29 is 5.11 Å². The molecule has 1 heterocycles. The van der Waals surface area contributed by atoms with Crippen LogP contribution in [0.3, 0.4) is 0 Å². The highest BCUT2D eigenvalue weighted by Gasteiger charge is 2.34. The van der Waals surface area contributed by atoms with E-state index >= 15 is 0 Å². The summed E-state index contributed by atoms with van der Waals surface area (Å²) in [6, 6.07) is 5.96. The Morgan fingerprint density at radius 2 is 1.88 bits per heavy atom. The minimum absolute atomic E-state index is 0.349. The first-order valence-corrected chi connectivity index (χ1v) is 5.62. The van der Waals surface area contributed by atoms with Crippen molar-refractivity contribution >= 4 is 0 Å². The van der Waals surface area contributed by atoms with Gasteiger partial charge in [-0.05, 0) is 46.8 Å². The normalized spacial score (nSPS) is 12.9. The van der Waals surface area contributed by atoms with Gasteiger partial charge in [0.1, 0.15) is 0 Å². The Labute approximate surface area is 97.9 Å². The SMILES string of the molecule is Cc1cccc(CNC(C)(C)C(C)(C)O)n1. The molecule has 0 unspecified atom stereocenters. The summed E-state index contributed by atoms with van der Waals surface area (Å²) < 4.78 is 0. The highest BCUT2D eigenvalue weighted by molar-refractivity contribution is 5.10. The molecule has 0 radical (unpaired) electrons. The molecule has 3 nitrogen and oxygen atoms in total. The van der Waals surface area contributed by atoms with E-state index < -0.39 is 5.60 Å². The van der Waals surface area contributed by atoms with E-state index in [4.69, 9.17) is 0 Å². The van der Waals surface area contributed by atoms with Gasteiger partial charge in [-0.1, -0.05) is 6.07 Å². The number of hydrogen-bond acceptors (Lipinski definition) is 3. The molecule has 0 spiro atoms. The Bertz CT molecular complexity index is 353. The van der Waals surface area contributed by atoms with Gasteiger partial charge in [0.15, 0.2) is 0 Å². The van der Waals surface area contributed by atoms with E-state index in [-0.39, 0.29) is 5.54 Å². The van der Waals surface area contributed by atoms with Gasteiger partial charge in [-0.25, -0.2) is 0 Å². The number of aryl methyl sites for hydroxylation is 1. The Kier molecular flexibility index (Phi) is 3.71. The number of nitrogens with zero attached hydrogens (tertiary/aromatic N) is 1. The standard InChI is InChI=1S/C13H22N2O/c1-10-7-6-8-11(15-10)9-14-12(2,3)13(4,5)16/h6-8,14,16H,9H2,1-5H3. The zero-order chi connectivity index (χ0) is 12.4. The van der Waals surface area contributed by atoms with Crippen molar-refractivity contribution in [2.75, 3.05) is 0 Å². The number of rotatable bonds is 4. The minimum atomic E-state index is -0.767. The maximum Gasteiger partial charge on any atom is 0.0767 e. The van der Waals surface area contributed by atoms with E-state index in [2.05, 4.69) is 10.3 Å². The lowest BCUT2D eigenvalue weighted by Gasteiger charge is -2.38. The van der Waals surface area contributed by atoms with Crippen LogP contribution in [0.2, 0.25) is 0 Å². The van der Waals surface area contributed by atoms with Crippen LogP contribution in [0.15, 0.2) is 18.2 Å². The van der Waals surface area contributed by atoms with Gasteiger partial charge in [-0.3, -0.25) is 4.98 Å². The molecule has 0 aliphatic rings. The van der Waals surface area contributed by atoms with Gasteiger partial charge in [0, 0.05) is 17.8 Å². The molecule has 0 aromatic carbocycles. The van der Waals surface area contributed by atoms with Crippen LogP contribution < -0.4 is 5.32 Å². The predicted molar refractivity (Wildman–Crippen MR) is 66.2 cm³/mol. The molecule has 1 aromatic rings. The van der Waals surface area contributed by atoms with Crippen molar-refractivity contribution in [3.8, 4) is 0 Å². The first kappa shape index (κ1) is 13.1. The van der Waals surface area contributed by atoms with Crippen LogP contribution in [0, 0.1) is 6.92 Å². The summed E-state index contributed by atoms with van der Waals surface area (Å²) in [5, 5.41) is 13.3. The fraction of sp³-hybridized carbons (Fsp3) is 0.615. The average Bonchev–Trinajstić information content (AvgIpc) is 2.13.